The highest BCUT2D eigenvalue weighted by molar-refractivity contribution is 6.70. The first-order chi connectivity index (χ1) is 9.84. The van der Waals surface area contributed by atoms with E-state index in [1.807, 2.05) is 0 Å². The van der Waals surface area contributed by atoms with E-state index in [0.29, 0.717) is 0 Å². The molecule has 1 rings (SSSR count). The van der Waals surface area contributed by atoms with Crippen LogP contribution in [0.5, 0.6) is 0 Å². The van der Waals surface area contributed by atoms with Gasteiger partial charge in [0.25, 0.3) is 0 Å². The van der Waals surface area contributed by atoms with Gasteiger partial charge >= 0.3 is 14.5 Å². The lowest BCUT2D eigenvalue weighted by molar-refractivity contribution is -0.132. The van der Waals surface area contributed by atoms with Crippen molar-refractivity contribution in [1.82, 2.24) is 0 Å². The number of hydrogen-bond donors (Lipinski definition) is 1. The quantitative estimate of drug-likeness (QED) is 0.601. The Kier molecular flexibility index (Phi) is 9.04. The monoisotopic (exact) mass is 318 g/mol. The summed E-state index contributed by atoms with van der Waals surface area (Å²) in [7, 11) is 3.22. The van der Waals surface area contributed by atoms with Gasteiger partial charge in [0.2, 0.25) is 0 Å². The van der Waals surface area contributed by atoms with Crippen LogP contribution in [0.3, 0.4) is 0 Å². The van der Waals surface area contributed by atoms with Gasteiger partial charge in [-0.3, -0.25) is 0 Å². The number of ether oxygens (including phenoxy) is 1. The van der Waals surface area contributed by atoms with Gasteiger partial charge in [0.15, 0.2) is 0 Å². The molecule has 0 bridgehead atoms. The predicted molar refractivity (Wildman–Crippen MR) is 85.5 cm³/mol. The van der Waals surface area contributed by atoms with E-state index in [9.17, 15) is 4.79 Å². The number of hydrogen-bond acceptors (Lipinski definition) is 4. The highest BCUT2D eigenvalue weighted by atomic mass is 28.4. The zero-order valence-corrected chi connectivity index (χ0v) is 15.0. The van der Waals surface area contributed by atoms with E-state index in [1.165, 1.54) is 19.8 Å². The fourth-order valence-corrected chi connectivity index (χ4v) is 6.91. The molecule has 1 aliphatic rings. The average molecular weight is 318 g/mol. The fourth-order valence-electron chi connectivity index (χ4n) is 2.92. The fraction of sp³-hybridized carbons (Fsp3) is 0.800. The first-order valence-electron chi connectivity index (χ1n) is 7.39. The van der Waals surface area contributed by atoms with Crippen LogP contribution in [-0.4, -0.2) is 46.2 Å². The van der Waals surface area contributed by atoms with E-state index in [4.69, 9.17) is 18.7 Å². The lowest BCUT2D eigenvalue weighted by Gasteiger charge is -2.47. The Balaban J connectivity index is 0.000000567. The molecule has 1 fully saturated rings. The maximum absolute atomic E-state index is 9.60. The molecule has 0 aromatic rings. The Labute approximate surface area is 129 Å². The van der Waals surface area contributed by atoms with Gasteiger partial charge < -0.3 is 18.7 Å². The second-order valence-electron chi connectivity index (χ2n) is 5.40. The minimum atomic E-state index is -2.15. The van der Waals surface area contributed by atoms with Crippen LogP contribution in [0.4, 0.5) is 0 Å². The van der Waals surface area contributed by atoms with E-state index in [2.05, 4.69) is 13.5 Å². The minimum Gasteiger partial charge on any atom is -0.478 e. The molecule has 1 atom stereocenters. The topological polar surface area (TPSA) is 65.0 Å². The lowest BCUT2D eigenvalue weighted by Crippen LogP contribution is -2.64. The molecule has 0 aliphatic carbocycles. The van der Waals surface area contributed by atoms with Gasteiger partial charge in [-0.25, -0.2) is 4.79 Å². The van der Waals surface area contributed by atoms with Crippen molar-refractivity contribution in [3.63, 3.8) is 0 Å². The van der Waals surface area contributed by atoms with E-state index in [1.54, 1.807) is 21.3 Å². The van der Waals surface area contributed by atoms with Gasteiger partial charge in [0.1, 0.15) is 5.22 Å². The Bertz CT molecular complexity index is 325. The van der Waals surface area contributed by atoms with Crippen LogP contribution in [0.15, 0.2) is 12.2 Å². The minimum absolute atomic E-state index is 0.122. The van der Waals surface area contributed by atoms with Crippen molar-refractivity contribution in [3.8, 4) is 0 Å². The summed E-state index contributed by atoms with van der Waals surface area (Å²) >= 11 is 0. The molecule has 0 aromatic carbocycles. The number of rotatable bonds is 6. The SMILES string of the molecule is C=C(C)C(=O)O.CCCC1(OC)CCCC[Si]1(OC)OC. The molecular formula is C15H30O5Si. The average Bonchev–Trinajstić information content (AvgIpc) is 2.48. The molecule has 0 aromatic heterocycles. The van der Waals surface area contributed by atoms with Crippen LogP contribution in [0.1, 0.15) is 46.0 Å². The Morgan fingerprint density at radius 1 is 1.29 bits per heavy atom. The van der Waals surface area contributed by atoms with Crippen molar-refractivity contribution in [1.29, 1.82) is 0 Å². The molecule has 1 unspecified atom stereocenters. The highest BCUT2D eigenvalue weighted by Gasteiger charge is 2.58. The molecular weight excluding hydrogens is 288 g/mol. The zero-order chi connectivity index (χ0) is 16.5. The second-order valence-corrected chi connectivity index (χ2v) is 9.14. The molecule has 21 heavy (non-hydrogen) atoms. The van der Waals surface area contributed by atoms with Crippen molar-refractivity contribution in [2.45, 2.75) is 57.2 Å². The van der Waals surface area contributed by atoms with Gasteiger partial charge in [0, 0.05) is 26.9 Å². The maximum atomic E-state index is 9.60. The Hall–Kier alpha value is -0.693. The van der Waals surface area contributed by atoms with Crippen molar-refractivity contribution < 1.29 is 23.5 Å². The molecule has 124 valence electrons. The summed E-state index contributed by atoms with van der Waals surface area (Å²) in [4.78, 5) is 9.60. The lowest BCUT2D eigenvalue weighted by atomic mass is 10.1. The molecule has 6 heteroatoms. The molecule has 1 aliphatic heterocycles. The molecule has 0 spiro atoms. The largest absolute Gasteiger partial charge is 0.478 e. The summed E-state index contributed by atoms with van der Waals surface area (Å²) in [6.45, 7) is 6.80. The summed E-state index contributed by atoms with van der Waals surface area (Å²) in [6.07, 6.45) is 5.70. The van der Waals surface area contributed by atoms with Gasteiger partial charge in [-0.2, -0.15) is 0 Å². The predicted octanol–water partition coefficient (Wildman–Crippen LogP) is 3.28. The van der Waals surface area contributed by atoms with Crippen molar-refractivity contribution >= 4 is 14.5 Å². The van der Waals surface area contributed by atoms with Crippen LogP contribution >= 0.6 is 0 Å². The summed E-state index contributed by atoms with van der Waals surface area (Å²) in [6, 6.07) is 1.06. The van der Waals surface area contributed by atoms with E-state index >= 15 is 0 Å². The summed E-state index contributed by atoms with van der Waals surface area (Å²) in [5.41, 5.74) is 0.176. The Morgan fingerprint density at radius 2 is 1.81 bits per heavy atom. The van der Waals surface area contributed by atoms with Crippen molar-refractivity contribution in [3.05, 3.63) is 12.2 Å². The van der Waals surface area contributed by atoms with E-state index in [0.717, 1.165) is 25.3 Å². The molecule has 0 radical (unpaired) electrons. The zero-order valence-electron chi connectivity index (χ0n) is 14.0. The van der Waals surface area contributed by atoms with E-state index in [-0.39, 0.29) is 10.8 Å². The molecule has 1 heterocycles. The summed E-state index contributed by atoms with van der Waals surface area (Å²) in [5.74, 6) is -0.935. The molecule has 1 N–H and O–H groups in total. The number of methoxy groups -OCH3 is 1. The number of carboxylic acid groups (broad SMARTS) is 1. The number of carboxylic acids is 1. The van der Waals surface area contributed by atoms with Crippen molar-refractivity contribution in [2.24, 2.45) is 0 Å². The van der Waals surface area contributed by atoms with Crippen LogP contribution in [-0.2, 0) is 18.4 Å². The second kappa shape index (κ2) is 9.35. The van der Waals surface area contributed by atoms with Crippen LogP contribution in [0, 0.1) is 0 Å². The van der Waals surface area contributed by atoms with Gasteiger partial charge in [0.05, 0.1) is 0 Å². The van der Waals surface area contributed by atoms with Crippen LogP contribution in [0.25, 0.3) is 0 Å². The molecule has 0 saturated carbocycles. The maximum Gasteiger partial charge on any atom is 0.370 e. The summed E-state index contributed by atoms with van der Waals surface area (Å²) < 4.78 is 17.4. The normalized spacial score (nSPS) is 23.9. The van der Waals surface area contributed by atoms with Gasteiger partial charge in [-0.05, 0) is 25.8 Å². The first-order valence-corrected chi connectivity index (χ1v) is 9.41. The highest BCUT2D eigenvalue weighted by Crippen LogP contribution is 2.42. The standard InChI is InChI=1S/C11H24O3Si.C4H6O2/c1-5-8-11(12-2)9-6-7-10-15(11,13-3)14-4;1-3(2)4(5)6/h5-10H2,1-4H3;1H2,2H3,(H,5,6). The van der Waals surface area contributed by atoms with Crippen LogP contribution in [0.2, 0.25) is 6.04 Å². The number of carbonyl (C=O) groups is 1. The third kappa shape index (κ3) is 4.91. The molecule has 5 nitrogen and oxygen atoms in total. The van der Waals surface area contributed by atoms with Crippen LogP contribution < -0.4 is 0 Å². The third-order valence-corrected chi connectivity index (χ3v) is 8.52. The third-order valence-electron chi connectivity index (χ3n) is 4.10. The van der Waals surface area contributed by atoms with Crippen molar-refractivity contribution in [2.75, 3.05) is 21.3 Å². The summed E-state index contributed by atoms with van der Waals surface area (Å²) in [5, 5.41) is 7.77. The van der Waals surface area contributed by atoms with Gasteiger partial charge in [-0.15, -0.1) is 0 Å². The molecule has 0 amide bonds. The first kappa shape index (κ1) is 20.3. The Morgan fingerprint density at radius 3 is 2.14 bits per heavy atom. The van der Waals surface area contributed by atoms with Gasteiger partial charge in [-0.1, -0.05) is 32.8 Å². The molecule has 1 saturated heterocycles. The van der Waals surface area contributed by atoms with E-state index < -0.39 is 14.5 Å². The number of aliphatic carboxylic acids is 1. The smallest absolute Gasteiger partial charge is 0.370 e.